The van der Waals surface area contributed by atoms with Gasteiger partial charge < -0.3 is 15.2 Å². The van der Waals surface area contributed by atoms with Gasteiger partial charge in [-0.1, -0.05) is 23.7 Å². The zero-order valence-electron chi connectivity index (χ0n) is 11.7. The van der Waals surface area contributed by atoms with Crippen molar-refractivity contribution in [1.29, 1.82) is 0 Å². The monoisotopic (exact) mass is 306 g/mol. The Morgan fingerprint density at radius 3 is 2.52 bits per heavy atom. The molecule has 2 aromatic rings. The van der Waals surface area contributed by atoms with Gasteiger partial charge in [0.2, 0.25) is 0 Å². The van der Waals surface area contributed by atoms with E-state index in [2.05, 4.69) is 10.3 Å². The van der Waals surface area contributed by atoms with Gasteiger partial charge in [-0.3, -0.25) is 4.98 Å². The number of nitrogens with zero attached hydrogens (tertiary/aromatic N) is 1. The second kappa shape index (κ2) is 8.74. The van der Waals surface area contributed by atoms with Crippen LogP contribution in [-0.2, 0) is 17.9 Å². The van der Waals surface area contributed by atoms with Crippen LogP contribution in [0.5, 0.6) is 0 Å². The lowest BCUT2D eigenvalue weighted by Crippen LogP contribution is -2.30. The standard InChI is InChI=1S/C16H19ClN2O2/c17-15-3-1-14(2-4-15)11-21-12-16(20)10-19-9-13-5-7-18-8-6-13/h1-8,16,19-20H,9-12H2. The first-order valence-corrected chi connectivity index (χ1v) is 7.21. The summed E-state index contributed by atoms with van der Waals surface area (Å²) in [4.78, 5) is 3.96. The summed E-state index contributed by atoms with van der Waals surface area (Å²) in [7, 11) is 0. The average Bonchev–Trinajstić information content (AvgIpc) is 2.50. The molecule has 0 spiro atoms. The number of aliphatic hydroxyl groups is 1. The third-order valence-corrected chi connectivity index (χ3v) is 3.20. The third kappa shape index (κ3) is 6.23. The molecule has 112 valence electrons. The molecule has 4 nitrogen and oxygen atoms in total. The Hall–Kier alpha value is -1.46. The first-order valence-electron chi connectivity index (χ1n) is 6.84. The van der Waals surface area contributed by atoms with E-state index in [1.54, 1.807) is 12.4 Å². The minimum Gasteiger partial charge on any atom is -0.389 e. The normalized spacial score (nSPS) is 12.3. The molecule has 1 unspecified atom stereocenters. The van der Waals surface area contributed by atoms with Gasteiger partial charge in [0, 0.05) is 30.5 Å². The van der Waals surface area contributed by atoms with E-state index in [0.717, 1.165) is 11.1 Å². The SMILES string of the molecule is OC(CNCc1ccncc1)COCc1ccc(Cl)cc1. The summed E-state index contributed by atoms with van der Waals surface area (Å²) >= 11 is 5.81. The number of hydrogen-bond acceptors (Lipinski definition) is 4. The second-order valence-corrected chi connectivity index (χ2v) is 5.22. The van der Waals surface area contributed by atoms with Gasteiger partial charge in [-0.25, -0.2) is 0 Å². The lowest BCUT2D eigenvalue weighted by molar-refractivity contribution is 0.0287. The molecule has 0 aliphatic rings. The minimum atomic E-state index is -0.529. The smallest absolute Gasteiger partial charge is 0.0897 e. The van der Waals surface area contributed by atoms with E-state index in [1.807, 2.05) is 36.4 Å². The fraction of sp³-hybridized carbons (Fsp3) is 0.312. The number of halogens is 1. The molecular formula is C16H19ClN2O2. The summed E-state index contributed by atoms with van der Waals surface area (Å²) < 4.78 is 5.48. The van der Waals surface area contributed by atoms with Crippen LogP contribution in [-0.4, -0.2) is 29.3 Å². The molecule has 0 saturated heterocycles. The number of aromatic nitrogens is 1. The average molecular weight is 307 g/mol. The quantitative estimate of drug-likeness (QED) is 0.786. The summed E-state index contributed by atoms with van der Waals surface area (Å²) in [6.45, 7) is 1.96. The molecule has 0 fully saturated rings. The van der Waals surface area contributed by atoms with E-state index in [-0.39, 0.29) is 0 Å². The van der Waals surface area contributed by atoms with Crippen molar-refractivity contribution in [3.63, 3.8) is 0 Å². The molecule has 1 heterocycles. The van der Waals surface area contributed by atoms with E-state index in [4.69, 9.17) is 16.3 Å². The molecule has 0 amide bonds. The number of nitrogens with one attached hydrogen (secondary N) is 1. The highest BCUT2D eigenvalue weighted by Gasteiger charge is 2.04. The molecule has 0 aliphatic carbocycles. The largest absolute Gasteiger partial charge is 0.389 e. The summed E-state index contributed by atoms with van der Waals surface area (Å²) in [6.07, 6.45) is 2.98. The van der Waals surface area contributed by atoms with Crippen LogP contribution in [0.25, 0.3) is 0 Å². The molecule has 0 saturated carbocycles. The maximum Gasteiger partial charge on any atom is 0.0897 e. The van der Waals surface area contributed by atoms with Crippen molar-refractivity contribution < 1.29 is 9.84 Å². The Kier molecular flexibility index (Phi) is 6.63. The van der Waals surface area contributed by atoms with E-state index in [9.17, 15) is 5.11 Å². The Labute approximate surface area is 129 Å². The lowest BCUT2D eigenvalue weighted by atomic mass is 10.2. The molecule has 1 atom stereocenters. The second-order valence-electron chi connectivity index (χ2n) is 4.78. The molecule has 0 aliphatic heterocycles. The maximum absolute atomic E-state index is 9.83. The minimum absolute atomic E-state index is 0.298. The predicted octanol–water partition coefficient (Wildman–Crippen LogP) is 2.40. The molecule has 0 bridgehead atoms. The molecular weight excluding hydrogens is 288 g/mol. The first kappa shape index (κ1) is 15.9. The molecule has 2 rings (SSSR count). The highest BCUT2D eigenvalue weighted by atomic mass is 35.5. The van der Waals surface area contributed by atoms with E-state index < -0.39 is 6.10 Å². The molecule has 5 heteroatoms. The Morgan fingerprint density at radius 2 is 1.81 bits per heavy atom. The van der Waals surface area contributed by atoms with Crippen molar-refractivity contribution in [1.82, 2.24) is 10.3 Å². The molecule has 2 N–H and O–H groups in total. The van der Waals surface area contributed by atoms with Gasteiger partial charge >= 0.3 is 0 Å². The molecule has 1 aromatic heterocycles. The van der Waals surface area contributed by atoms with Gasteiger partial charge in [-0.15, -0.1) is 0 Å². The molecule has 21 heavy (non-hydrogen) atoms. The van der Waals surface area contributed by atoms with Gasteiger partial charge in [0.25, 0.3) is 0 Å². The van der Waals surface area contributed by atoms with E-state index in [0.29, 0.717) is 31.3 Å². The van der Waals surface area contributed by atoms with Crippen molar-refractivity contribution in [2.24, 2.45) is 0 Å². The van der Waals surface area contributed by atoms with Crippen LogP contribution >= 0.6 is 11.6 Å². The molecule has 0 radical (unpaired) electrons. The van der Waals surface area contributed by atoms with Crippen LogP contribution < -0.4 is 5.32 Å². The zero-order chi connectivity index (χ0) is 14.9. The summed E-state index contributed by atoms with van der Waals surface area (Å²) in [6, 6.07) is 11.4. The number of rotatable bonds is 8. The van der Waals surface area contributed by atoms with Crippen molar-refractivity contribution in [2.45, 2.75) is 19.3 Å². The highest BCUT2D eigenvalue weighted by molar-refractivity contribution is 6.30. The fourth-order valence-electron chi connectivity index (χ4n) is 1.84. The van der Waals surface area contributed by atoms with E-state index >= 15 is 0 Å². The Balaban J connectivity index is 1.59. The van der Waals surface area contributed by atoms with Crippen LogP contribution in [0.2, 0.25) is 5.02 Å². The maximum atomic E-state index is 9.83. The van der Waals surface area contributed by atoms with Gasteiger partial charge in [-0.2, -0.15) is 0 Å². The fourth-order valence-corrected chi connectivity index (χ4v) is 1.96. The van der Waals surface area contributed by atoms with Crippen LogP contribution in [0.3, 0.4) is 0 Å². The first-order chi connectivity index (χ1) is 10.2. The number of hydrogen-bond donors (Lipinski definition) is 2. The van der Waals surface area contributed by atoms with Crippen molar-refractivity contribution >= 4 is 11.6 Å². The van der Waals surface area contributed by atoms with Crippen LogP contribution in [0.15, 0.2) is 48.8 Å². The van der Waals surface area contributed by atoms with Gasteiger partial charge in [0.15, 0.2) is 0 Å². The van der Waals surface area contributed by atoms with Crippen LogP contribution in [0.1, 0.15) is 11.1 Å². The number of aliphatic hydroxyl groups excluding tert-OH is 1. The Bertz CT molecular complexity index is 520. The van der Waals surface area contributed by atoms with Gasteiger partial charge in [0.1, 0.15) is 0 Å². The number of pyridine rings is 1. The van der Waals surface area contributed by atoms with Crippen molar-refractivity contribution in [3.05, 3.63) is 64.9 Å². The number of benzene rings is 1. The van der Waals surface area contributed by atoms with Gasteiger partial charge in [-0.05, 0) is 35.4 Å². The van der Waals surface area contributed by atoms with Crippen LogP contribution in [0.4, 0.5) is 0 Å². The summed E-state index contributed by atoms with van der Waals surface area (Å²) in [5.74, 6) is 0. The highest BCUT2D eigenvalue weighted by Crippen LogP contribution is 2.10. The Morgan fingerprint density at radius 1 is 1.10 bits per heavy atom. The predicted molar refractivity (Wildman–Crippen MR) is 83.1 cm³/mol. The van der Waals surface area contributed by atoms with Crippen molar-refractivity contribution in [3.8, 4) is 0 Å². The topological polar surface area (TPSA) is 54.4 Å². The zero-order valence-corrected chi connectivity index (χ0v) is 12.5. The molecule has 1 aromatic carbocycles. The lowest BCUT2D eigenvalue weighted by Gasteiger charge is -2.12. The van der Waals surface area contributed by atoms with E-state index in [1.165, 1.54) is 0 Å². The van der Waals surface area contributed by atoms with Crippen LogP contribution in [0, 0.1) is 0 Å². The van der Waals surface area contributed by atoms with Gasteiger partial charge in [0.05, 0.1) is 19.3 Å². The third-order valence-electron chi connectivity index (χ3n) is 2.95. The van der Waals surface area contributed by atoms with Crippen molar-refractivity contribution in [2.75, 3.05) is 13.2 Å². The summed E-state index contributed by atoms with van der Waals surface area (Å²) in [5.41, 5.74) is 2.18. The summed E-state index contributed by atoms with van der Waals surface area (Å²) in [5, 5.41) is 13.7. The number of ether oxygens (including phenoxy) is 1.